The quantitative estimate of drug-likeness (QED) is 0.501. The minimum absolute atomic E-state index is 0.0571. The topological polar surface area (TPSA) is 114 Å². The molecule has 0 spiro atoms. The zero-order valence-electron chi connectivity index (χ0n) is 6.81. The number of sulfonamides is 1. The number of nitrogens with zero attached hydrogens (tertiary/aromatic N) is 2. The van der Waals surface area contributed by atoms with Gasteiger partial charge in [0.1, 0.15) is 5.84 Å². The maximum absolute atomic E-state index is 10.7. The second-order valence-electron chi connectivity index (χ2n) is 2.44. The van der Waals surface area contributed by atoms with Gasteiger partial charge in [0.05, 0.1) is 6.42 Å². The van der Waals surface area contributed by atoms with E-state index in [0.717, 1.165) is 0 Å². The summed E-state index contributed by atoms with van der Waals surface area (Å²) in [5.41, 5.74) is 0. The molecule has 8 heteroatoms. The third-order valence-corrected chi connectivity index (χ3v) is 2.13. The fourth-order valence-electron chi connectivity index (χ4n) is 0.760. The van der Waals surface area contributed by atoms with E-state index in [4.69, 9.17) is 5.14 Å². The van der Waals surface area contributed by atoms with Gasteiger partial charge < -0.3 is 5.32 Å². The fourth-order valence-corrected chi connectivity index (χ4v) is 1.25. The van der Waals surface area contributed by atoms with Gasteiger partial charge in [0.2, 0.25) is 5.91 Å². The van der Waals surface area contributed by atoms with Crippen molar-refractivity contribution in [3.63, 3.8) is 0 Å². The largest absolute Gasteiger partial charge is 0.313 e. The summed E-state index contributed by atoms with van der Waals surface area (Å²) < 4.78 is 21.5. The van der Waals surface area contributed by atoms with Crippen molar-refractivity contribution in [2.24, 2.45) is 15.3 Å². The molecule has 0 saturated heterocycles. The van der Waals surface area contributed by atoms with Gasteiger partial charge in [-0.25, -0.2) is 13.6 Å². The molecule has 1 aliphatic rings. The van der Waals surface area contributed by atoms with Crippen LogP contribution in [-0.4, -0.2) is 25.2 Å². The Balaban J connectivity index is 2.65. The number of nitrogens with one attached hydrogen (secondary N) is 1. The van der Waals surface area contributed by atoms with Crippen molar-refractivity contribution in [2.75, 3.05) is 0 Å². The highest BCUT2D eigenvalue weighted by atomic mass is 32.2. The summed E-state index contributed by atoms with van der Waals surface area (Å²) in [4.78, 5) is 10.5. The lowest BCUT2D eigenvalue weighted by Gasteiger charge is -1.98. The van der Waals surface area contributed by atoms with Gasteiger partial charge in [-0.3, -0.25) is 4.79 Å². The Morgan fingerprint density at radius 2 is 2.15 bits per heavy atom. The van der Waals surface area contributed by atoms with Gasteiger partial charge in [-0.15, -0.1) is 10.2 Å². The van der Waals surface area contributed by atoms with Gasteiger partial charge in [0.15, 0.2) is 5.04 Å². The van der Waals surface area contributed by atoms with Crippen LogP contribution in [0.2, 0.25) is 0 Å². The van der Waals surface area contributed by atoms with Crippen LogP contribution in [0.1, 0.15) is 13.3 Å². The van der Waals surface area contributed by atoms with E-state index in [-0.39, 0.29) is 23.2 Å². The molecule has 1 amide bonds. The third-order valence-electron chi connectivity index (χ3n) is 1.25. The molecule has 3 N–H and O–H groups in total. The van der Waals surface area contributed by atoms with Crippen molar-refractivity contribution >= 4 is 26.8 Å². The SMILES string of the molecule is CC(=O)NC1=NN=C(S(N)(=O)=O)C1. The van der Waals surface area contributed by atoms with Gasteiger partial charge in [-0.1, -0.05) is 0 Å². The molecule has 1 rings (SSSR count). The minimum atomic E-state index is -3.79. The van der Waals surface area contributed by atoms with Crippen LogP contribution in [0.15, 0.2) is 10.2 Å². The van der Waals surface area contributed by atoms with Crippen molar-refractivity contribution < 1.29 is 13.2 Å². The summed E-state index contributed by atoms with van der Waals surface area (Å²) in [7, 11) is -3.79. The molecule has 0 unspecified atom stereocenters. The van der Waals surface area contributed by atoms with E-state index in [9.17, 15) is 13.2 Å². The van der Waals surface area contributed by atoms with Crippen molar-refractivity contribution in [1.82, 2.24) is 5.32 Å². The number of rotatable bonds is 0. The predicted octanol–water partition coefficient (Wildman–Crippen LogP) is -1.47. The number of nitrogens with two attached hydrogens (primary N) is 1. The smallest absolute Gasteiger partial charge is 0.253 e. The first-order valence-electron chi connectivity index (χ1n) is 3.33. The standard InChI is InChI=1S/C5H8N4O3S/c1-3(10)7-4-2-5(9-8-4)13(6,11)12/h2H2,1H3,(H2,6,11,12)(H,7,8,10). The van der Waals surface area contributed by atoms with Gasteiger partial charge in [-0.2, -0.15) is 0 Å². The lowest BCUT2D eigenvalue weighted by atomic mass is 10.4. The monoisotopic (exact) mass is 204 g/mol. The summed E-state index contributed by atoms with van der Waals surface area (Å²) >= 11 is 0. The highest BCUT2D eigenvalue weighted by Gasteiger charge is 2.22. The second kappa shape index (κ2) is 3.23. The number of carbonyl (C=O) groups excluding carboxylic acids is 1. The Morgan fingerprint density at radius 1 is 1.54 bits per heavy atom. The van der Waals surface area contributed by atoms with E-state index in [1.807, 2.05) is 0 Å². The number of amidine groups is 1. The molecule has 0 atom stereocenters. The molecule has 7 nitrogen and oxygen atoms in total. The molecule has 0 fully saturated rings. The molecule has 13 heavy (non-hydrogen) atoms. The van der Waals surface area contributed by atoms with Crippen LogP contribution in [0.5, 0.6) is 0 Å². The molecule has 72 valence electrons. The number of hydrogen-bond acceptors (Lipinski definition) is 5. The second-order valence-corrected chi connectivity index (χ2v) is 4.00. The Labute approximate surface area is 74.8 Å². The summed E-state index contributed by atoms with van der Waals surface area (Å²) in [6, 6.07) is 0. The first-order valence-corrected chi connectivity index (χ1v) is 4.88. The first kappa shape index (κ1) is 9.81. The van der Waals surface area contributed by atoms with Crippen LogP contribution >= 0.6 is 0 Å². The van der Waals surface area contributed by atoms with E-state index in [1.54, 1.807) is 0 Å². The van der Waals surface area contributed by atoms with E-state index in [1.165, 1.54) is 6.92 Å². The van der Waals surface area contributed by atoms with E-state index in [0.29, 0.717) is 0 Å². The van der Waals surface area contributed by atoms with Crippen molar-refractivity contribution in [3.05, 3.63) is 0 Å². The normalized spacial score (nSPS) is 16.5. The number of carbonyl (C=O) groups is 1. The molecule has 0 aromatic heterocycles. The molecule has 0 bridgehead atoms. The summed E-state index contributed by atoms with van der Waals surface area (Å²) in [5.74, 6) is -0.138. The predicted molar refractivity (Wildman–Crippen MR) is 46.4 cm³/mol. The maximum Gasteiger partial charge on any atom is 0.253 e. The zero-order valence-corrected chi connectivity index (χ0v) is 7.63. The first-order chi connectivity index (χ1) is 5.89. The van der Waals surface area contributed by atoms with Crippen LogP contribution in [-0.2, 0) is 14.8 Å². The van der Waals surface area contributed by atoms with Crippen LogP contribution in [0.4, 0.5) is 0 Å². The van der Waals surface area contributed by atoms with Crippen LogP contribution < -0.4 is 10.5 Å². The molecule has 0 aromatic rings. The van der Waals surface area contributed by atoms with E-state index >= 15 is 0 Å². The van der Waals surface area contributed by atoms with Gasteiger partial charge in [-0.05, 0) is 0 Å². The minimum Gasteiger partial charge on any atom is -0.313 e. The van der Waals surface area contributed by atoms with Crippen molar-refractivity contribution in [2.45, 2.75) is 13.3 Å². The summed E-state index contributed by atoms with van der Waals surface area (Å²) in [6.45, 7) is 1.29. The molecule has 1 aliphatic heterocycles. The van der Waals surface area contributed by atoms with Crippen molar-refractivity contribution in [3.8, 4) is 0 Å². The third kappa shape index (κ3) is 2.60. The molecule has 1 heterocycles. The zero-order chi connectivity index (χ0) is 10.1. The number of amides is 1. The van der Waals surface area contributed by atoms with Crippen LogP contribution in [0.3, 0.4) is 0 Å². The van der Waals surface area contributed by atoms with Crippen LogP contribution in [0, 0.1) is 0 Å². The van der Waals surface area contributed by atoms with Crippen LogP contribution in [0.25, 0.3) is 0 Å². The molecule has 0 radical (unpaired) electrons. The Bertz CT molecular complexity index is 394. The highest BCUT2D eigenvalue weighted by molar-refractivity contribution is 8.04. The molecule has 0 aliphatic carbocycles. The maximum atomic E-state index is 10.7. The molecule has 0 aromatic carbocycles. The Kier molecular flexibility index (Phi) is 2.43. The molecule has 0 saturated carbocycles. The summed E-state index contributed by atoms with van der Waals surface area (Å²) in [5, 5.41) is 13.6. The van der Waals surface area contributed by atoms with Crippen molar-refractivity contribution in [1.29, 1.82) is 0 Å². The average Bonchev–Trinajstić information content (AvgIpc) is 2.32. The lowest BCUT2D eigenvalue weighted by Crippen LogP contribution is -2.31. The lowest BCUT2D eigenvalue weighted by molar-refractivity contribution is -0.117. The number of primary sulfonamides is 1. The summed E-state index contributed by atoms with van der Waals surface area (Å²) in [6.07, 6.45) is -0.0571. The highest BCUT2D eigenvalue weighted by Crippen LogP contribution is 2.03. The number of hydrogen-bond donors (Lipinski definition) is 2. The van der Waals surface area contributed by atoms with Gasteiger partial charge in [0.25, 0.3) is 10.0 Å². The molecular weight excluding hydrogens is 196 g/mol. The Morgan fingerprint density at radius 3 is 2.54 bits per heavy atom. The van der Waals surface area contributed by atoms with Gasteiger partial charge >= 0.3 is 0 Å². The van der Waals surface area contributed by atoms with Gasteiger partial charge in [0, 0.05) is 6.92 Å². The average molecular weight is 204 g/mol. The Hall–Kier alpha value is -1.28. The van der Waals surface area contributed by atoms with E-state index in [2.05, 4.69) is 15.5 Å². The fraction of sp³-hybridized carbons (Fsp3) is 0.400. The molecular formula is C5H8N4O3S. The van der Waals surface area contributed by atoms with E-state index < -0.39 is 10.0 Å².